The van der Waals surface area contributed by atoms with E-state index in [2.05, 4.69) is 5.10 Å². The molecule has 1 aromatic heterocycles. The Bertz CT molecular complexity index is 424. The molecule has 1 aromatic carbocycles. The first-order valence-corrected chi connectivity index (χ1v) is 4.92. The van der Waals surface area contributed by atoms with Crippen LogP contribution in [0.25, 0.3) is 0 Å². The van der Waals surface area contributed by atoms with Crippen molar-refractivity contribution in [1.82, 2.24) is 9.78 Å². The predicted octanol–water partition coefficient (Wildman–Crippen LogP) is 3.24. The molecular weight excluding hydrogens is 219 g/mol. The molecule has 0 unspecified atom stereocenters. The molecule has 1 heterocycles. The van der Waals surface area contributed by atoms with E-state index in [9.17, 15) is 0 Å². The highest BCUT2D eigenvalue weighted by molar-refractivity contribution is 6.35. The number of nitrogens with zero attached hydrogens (tertiary/aromatic N) is 2. The Morgan fingerprint density at radius 2 is 2.14 bits per heavy atom. The van der Waals surface area contributed by atoms with Crippen molar-refractivity contribution in [2.24, 2.45) is 0 Å². The maximum Gasteiger partial charge on any atom is 0.0673 e. The lowest BCUT2D eigenvalue weighted by atomic mass is 10.2. The van der Waals surface area contributed by atoms with Gasteiger partial charge in [0.25, 0.3) is 0 Å². The number of aromatic nitrogens is 2. The molecule has 0 atom stereocenters. The Hall–Kier alpha value is -0.990. The minimum Gasteiger partial charge on any atom is -0.268 e. The zero-order chi connectivity index (χ0) is 9.97. The predicted molar refractivity (Wildman–Crippen MR) is 57.8 cm³/mol. The van der Waals surface area contributed by atoms with Crippen molar-refractivity contribution in [1.29, 1.82) is 0 Å². The second-order valence-corrected chi connectivity index (χ2v) is 3.78. The highest BCUT2D eigenvalue weighted by Crippen LogP contribution is 2.21. The third kappa shape index (κ3) is 2.08. The van der Waals surface area contributed by atoms with Crippen LogP contribution in [0.2, 0.25) is 10.0 Å². The molecule has 0 spiro atoms. The van der Waals surface area contributed by atoms with E-state index in [-0.39, 0.29) is 0 Å². The van der Waals surface area contributed by atoms with E-state index in [1.165, 1.54) is 0 Å². The third-order valence-corrected chi connectivity index (χ3v) is 2.49. The van der Waals surface area contributed by atoms with Gasteiger partial charge >= 0.3 is 0 Å². The van der Waals surface area contributed by atoms with Crippen LogP contribution in [-0.2, 0) is 6.54 Å². The zero-order valence-corrected chi connectivity index (χ0v) is 8.83. The van der Waals surface area contributed by atoms with Gasteiger partial charge in [-0.25, -0.2) is 0 Å². The summed E-state index contributed by atoms with van der Waals surface area (Å²) in [6, 6.07) is 7.35. The fourth-order valence-electron chi connectivity index (χ4n) is 1.22. The summed E-state index contributed by atoms with van der Waals surface area (Å²) < 4.78 is 1.81. The zero-order valence-electron chi connectivity index (χ0n) is 7.32. The van der Waals surface area contributed by atoms with E-state index in [4.69, 9.17) is 23.2 Å². The summed E-state index contributed by atoms with van der Waals surface area (Å²) in [4.78, 5) is 0. The minimum absolute atomic E-state index is 0.652. The van der Waals surface area contributed by atoms with Gasteiger partial charge in [-0.2, -0.15) is 5.10 Å². The molecule has 72 valence electrons. The van der Waals surface area contributed by atoms with Gasteiger partial charge in [-0.3, -0.25) is 4.68 Å². The Morgan fingerprint density at radius 1 is 1.29 bits per heavy atom. The summed E-state index contributed by atoms with van der Waals surface area (Å²) in [6.45, 7) is 0.670. The van der Waals surface area contributed by atoms with Crippen LogP contribution in [0.3, 0.4) is 0 Å². The lowest BCUT2D eigenvalue weighted by Gasteiger charge is -2.04. The molecule has 0 aliphatic carbocycles. The number of rotatable bonds is 2. The standard InChI is InChI=1S/C10H8Cl2N2/c11-9-3-2-8(10(12)6-9)7-14-5-1-4-13-14/h1-6H,7H2. The quantitative estimate of drug-likeness (QED) is 0.769. The highest BCUT2D eigenvalue weighted by Gasteiger charge is 2.01. The molecule has 14 heavy (non-hydrogen) atoms. The van der Waals surface area contributed by atoms with Gasteiger partial charge in [0.1, 0.15) is 0 Å². The van der Waals surface area contributed by atoms with E-state index in [0.29, 0.717) is 16.6 Å². The average Bonchev–Trinajstić information content (AvgIpc) is 2.62. The largest absolute Gasteiger partial charge is 0.268 e. The van der Waals surface area contributed by atoms with Crippen LogP contribution >= 0.6 is 23.2 Å². The molecule has 0 amide bonds. The molecule has 2 rings (SSSR count). The number of benzene rings is 1. The first-order chi connectivity index (χ1) is 6.75. The van der Waals surface area contributed by atoms with E-state index in [0.717, 1.165) is 5.56 Å². The van der Waals surface area contributed by atoms with Crippen molar-refractivity contribution in [2.45, 2.75) is 6.54 Å². The van der Waals surface area contributed by atoms with Crippen LogP contribution in [0, 0.1) is 0 Å². The van der Waals surface area contributed by atoms with Crippen molar-refractivity contribution >= 4 is 23.2 Å². The monoisotopic (exact) mass is 226 g/mol. The fourth-order valence-corrected chi connectivity index (χ4v) is 1.69. The summed E-state index contributed by atoms with van der Waals surface area (Å²) in [5.41, 5.74) is 1.01. The van der Waals surface area contributed by atoms with Gasteiger partial charge in [0, 0.05) is 22.4 Å². The van der Waals surface area contributed by atoms with Crippen LogP contribution in [0.15, 0.2) is 36.7 Å². The second-order valence-electron chi connectivity index (χ2n) is 2.94. The normalized spacial score (nSPS) is 10.4. The Kier molecular flexibility index (Phi) is 2.75. The molecule has 0 N–H and O–H groups in total. The molecule has 0 saturated heterocycles. The van der Waals surface area contributed by atoms with Crippen LogP contribution in [0.1, 0.15) is 5.56 Å². The minimum atomic E-state index is 0.652. The van der Waals surface area contributed by atoms with Crippen molar-refractivity contribution in [3.05, 3.63) is 52.3 Å². The molecule has 0 aliphatic rings. The van der Waals surface area contributed by atoms with Gasteiger partial charge < -0.3 is 0 Å². The van der Waals surface area contributed by atoms with Crippen LogP contribution in [0.4, 0.5) is 0 Å². The Labute approximate surface area is 92.1 Å². The summed E-state index contributed by atoms with van der Waals surface area (Å²) in [7, 11) is 0. The molecular formula is C10H8Cl2N2. The third-order valence-electron chi connectivity index (χ3n) is 1.91. The average molecular weight is 227 g/mol. The van der Waals surface area contributed by atoms with Crippen molar-refractivity contribution < 1.29 is 0 Å². The SMILES string of the molecule is Clc1ccc(Cn2cccn2)c(Cl)c1. The molecule has 0 fully saturated rings. The van der Waals surface area contributed by atoms with Gasteiger partial charge in [-0.15, -0.1) is 0 Å². The van der Waals surface area contributed by atoms with Crippen molar-refractivity contribution in [3.8, 4) is 0 Å². The van der Waals surface area contributed by atoms with Crippen LogP contribution < -0.4 is 0 Å². The van der Waals surface area contributed by atoms with Gasteiger partial charge in [0.2, 0.25) is 0 Å². The lowest BCUT2D eigenvalue weighted by Crippen LogP contribution is -2.00. The fraction of sp³-hybridized carbons (Fsp3) is 0.100. The van der Waals surface area contributed by atoms with Gasteiger partial charge in [-0.05, 0) is 23.8 Å². The molecule has 0 saturated carbocycles. The van der Waals surface area contributed by atoms with Crippen LogP contribution in [0.5, 0.6) is 0 Å². The topological polar surface area (TPSA) is 17.8 Å². The van der Waals surface area contributed by atoms with Crippen LogP contribution in [-0.4, -0.2) is 9.78 Å². The summed E-state index contributed by atoms with van der Waals surface area (Å²) in [6.07, 6.45) is 3.63. The highest BCUT2D eigenvalue weighted by atomic mass is 35.5. The number of halogens is 2. The lowest BCUT2D eigenvalue weighted by molar-refractivity contribution is 0.687. The summed E-state index contributed by atoms with van der Waals surface area (Å²) in [5.74, 6) is 0. The Balaban J connectivity index is 2.25. The second kappa shape index (κ2) is 4.03. The van der Waals surface area contributed by atoms with E-state index in [1.807, 2.05) is 29.1 Å². The number of hydrogen-bond donors (Lipinski definition) is 0. The maximum absolute atomic E-state index is 6.02. The number of hydrogen-bond acceptors (Lipinski definition) is 1. The van der Waals surface area contributed by atoms with Crippen molar-refractivity contribution in [2.75, 3.05) is 0 Å². The first-order valence-electron chi connectivity index (χ1n) is 4.17. The summed E-state index contributed by atoms with van der Waals surface area (Å²) in [5, 5.41) is 5.43. The van der Waals surface area contributed by atoms with Gasteiger partial charge in [0.05, 0.1) is 6.54 Å². The molecule has 0 bridgehead atoms. The van der Waals surface area contributed by atoms with E-state index < -0.39 is 0 Å². The van der Waals surface area contributed by atoms with E-state index >= 15 is 0 Å². The molecule has 2 aromatic rings. The molecule has 0 aliphatic heterocycles. The van der Waals surface area contributed by atoms with Gasteiger partial charge in [-0.1, -0.05) is 29.3 Å². The first kappa shape index (κ1) is 9.56. The van der Waals surface area contributed by atoms with Gasteiger partial charge in [0.15, 0.2) is 0 Å². The summed E-state index contributed by atoms with van der Waals surface area (Å²) >= 11 is 11.8. The molecule has 0 radical (unpaired) electrons. The smallest absolute Gasteiger partial charge is 0.0673 e. The molecule has 2 nitrogen and oxygen atoms in total. The van der Waals surface area contributed by atoms with E-state index in [1.54, 1.807) is 12.3 Å². The van der Waals surface area contributed by atoms with Crippen molar-refractivity contribution in [3.63, 3.8) is 0 Å². The molecule has 4 heteroatoms. The maximum atomic E-state index is 6.02. The Morgan fingerprint density at radius 3 is 2.79 bits per heavy atom.